The van der Waals surface area contributed by atoms with Crippen LogP contribution in [0, 0.1) is 0 Å². The zero-order chi connectivity index (χ0) is 13.4. The lowest BCUT2D eigenvalue weighted by atomic mass is 10.1. The number of hydrogen-bond acceptors (Lipinski definition) is 4. The summed E-state index contributed by atoms with van der Waals surface area (Å²) in [6.45, 7) is 1.82. The third kappa shape index (κ3) is 3.92. The van der Waals surface area contributed by atoms with Crippen molar-refractivity contribution in [3.8, 4) is 5.75 Å². The van der Waals surface area contributed by atoms with E-state index in [1.807, 2.05) is 13.1 Å². The molecule has 5 heteroatoms. The van der Waals surface area contributed by atoms with E-state index in [0.717, 1.165) is 25.2 Å². The van der Waals surface area contributed by atoms with Gasteiger partial charge in [0, 0.05) is 19.2 Å². The van der Waals surface area contributed by atoms with Gasteiger partial charge in [-0.3, -0.25) is 4.79 Å². The Bertz CT molecular complexity index is 394. The molecule has 0 fully saturated rings. The van der Waals surface area contributed by atoms with Gasteiger partial charge < -0.3 is 20.7 Å². The summed E-state index contributed by atoms with van der Waals surface area (Å²) < 4.78 is 5.28. The number of amides is 1. The molecule has 0 bridgehead atoms. The number of carbonyl (C=O) groups is 1. The van der Waals surface area contributed by atoms with Crippen molar-refractivity contribution in [2.45, 2.75) is 6.42 Å². The van der Waals surface area contributed by atoms with Crippen LogP contribution in [0.5, 0.6) is 5.75 Å². The predicted octanol–water partition coefficient (Wildman–Crippen LogP) is 1.08. The molecule has 1 aromatic carbocycles. The van der Waals surface area contributed by atoms with Gasteiger partial charge in [0.2, 0.25) is 0 Å². The van der Waals surface area contributed by atoms with Crippen LogP contribution in [0.15, 0.2) is 18.2 Å². The van der Waals surface area contributed by atoms with E-state index in [4.69, 9.17) is 4.74 Å². The lowest BCUT2D eigenvalue weighted by Crippen LogP contribution is -2.18. The minimum atomic E-state index is -0.116. The van der Waals surface area contributed by atoms with Gasteiger partial charge in [-0.1, -0.05) is 0 Å². The maximum atomic E-state index is 11.5. The number of hydrogen-bond donors (Lipinski definition) is 3. The van der Waals surface area contributed by atoms with Gasteiger partial charge in [0.1, 0.15) is 5.75 Å². The Morgan fingerprint density at radius 1 is 1.28 bits per heavy atom. The summed E-state index contributed by atoms with van der Waals surface area (Å²) in [7, 11) is 5.14. The third-order valence-electron chi connectivity index (χ3n) is 2.61. The second-order valence-corrected chi connectivity index (χ2v) is 3.88. The standard InChI is InChI=1S/C13H21N3O2/c1-14-7-4-8-16-11-6-5-10(13(17)15-2)9-12(11)18-3/h5-6,9,14,16H,4,7-8H2,1-3H3,(H,15,17). The van der Waals surface area contributed by atoms with Crippen molar-refractivity contribution >= 4 is 11.6 Å². The molecule has 3 N–H and O–H groups in total. The Morgan fingerprint density at radius 3 is 2.67 bits per heavy atom. The summed E-state index contributed by atoms with van der Waals surface area (Å²) in [6.07, 6.45) is 1.02. The minimum Gasteiger partial charge on any atom is -0.495 e. The summed E-state index contributed by atoms with van der Waals surface area (Å²) >= 11 is 0. The van der Waals surface area contributed by atoms with Crippen LogP contribution in [-0.2, 0) is 0 Å². The van der Waals surface area contributed by atoms with Crippen molar-refractivity contribution in [2.75, 3.05) is 39.6 Å². The predicted molar refractivity (Wildman–Crippen MR) is 73.4 cm³/mol. The van der Waals surface area contributed by atoms with Crippen LogP contribution in [0.1, 0.15) is 16.8 Å². The van der Waals surface area contributed by atoms with E-state index < -0.39 is 0 Å². The molecular formula is C13H21N3O2. The number of methoxy groups -OCH3 is 1. The zero-order valence-electron chi connectivity index (χ0n) is 11.2. The van der Waals surface area contributed by atoms with Gasteiger partial charge in [0.15, 0.2) is 0 Å². The van der Waals surface area contributed by atoms with Crippen LogP contribution >= 0.6 is 0 Å². The number of anilines is 1. The Hall–Kier alpha value is -1.75. The molecule has 18 heavy (non-hydrogen) atoms. The highest BCUT2D eigenvalue weighted by Crippen LogP contribution is 2.25. The number of ether oxygens (including phenoxy) is 1. The molecule has 0 aromatic heterocycles. The molecule has 0 radical (unpaired) electrons. The molecule has 0 aliphatic carbocycles. The molecule has 0 aliphatic rings. The Labute approximate surface area is 108 Å². The molecule has 0 saturated carbocycles. The van der Waals surface area contributed by atoms with Gasteiger partial charge in [-0.15, -0.1) is 0 Å². The second-order valence-electron chi connectivity index (χ2n) is 3.88. The zero-order valence-corrected chi connectivity index (χ0v) is 11.2. The van der Waals surface area contributed by atoms with Crippen molar-refractivity contribution in [3.63, 3.8) is 0 Å². The fourth-order valence-electron chi connectivity index (χ4n) is 1.61. The molecule has 1 amide bonds. The fraction of sp³-hybridized carbons (Fsp3) is 0.462. The van der Waals surface area contributed by atoms with Crippen molar-refractivity contribution in [1.82, 2.24) is 10.6 Å². The quantitative estimate of drug-likeness (QED) is 0.635. The van der Waals surface area contributed by atoms with E-state index >= 15 is 0 Å². The summed E-state index contributed by atoms with van der Waals surface area (Å²) in [6, 6.07) is 5.38. The van der Waals surface area contributed by atoms with Crippen LogP contribution in [-0.4, -0.2) is 40.2 Å². The fourth-order valence-corrected chi connectivity index (χ4v) is 1.61. The van der Waals surface area contributed by atoms with E-state index in [1.54, 1.807) is 26.3 Å². The molecule has 0 spiro atoms. The molecule has 0 atom stereocenters. The highest BCUT2D eigenvalue weighted by Gasteiger charge is 2.08. The average molecular weight is 251 g/mol. The summed E-state index contributed by atoms with van der Waals surface area (Å²) in [5.74, 6) is 0.565. The second kappa shape index (κ2) is 7.55. The van der Waals surface area contributed by atoms with Crippen molar-refractivity contribution in [3.05, 3.63) is 23.8 Å². The first kappa shape index (κ1) is 14.3. The average Bonchev–Trinajstić information content (AvgIpc) is 2.42. The van der Waals surface area contributed by atoms with E-state index in [-0.39, 0.29) is 5.91 Å². The molecule has 1 aromatic rings. The number of nitrogens with one attached hydrogen (secondary N) is 3. The Morgan fingerprint density at radius 2 is 2.06 bits per heavy atom. The topological polar surface area (TPSA) is 62.4 Å². The van der Waals surface area contributed by atoms with Crippen molar-refractivity contribution < 1.29 is 9.53 Å². The monoisotopic (exact) mass is 251 g/mol. The molecule has 0 saturated heterocycles. The minimum absolute atomic E-state index is 0.116. The summed E-state index contributed by atoms with van der Waals surface area (Å²) in [4.78, 5) is 11.5. The smallest absolute Gasteiger partial charge is 0.251 e. The lowest BCUT2D eigenvalue weighted by molar-refractivity contribution is 0.0963. The molecule has 100 valence electrons. The van der Waals surface area contributed by atoms with E-state index in [0.29, 0.717) is 11.3 Å². The maximum Gasteiger partial charge on any atom is 0.251 e. The van der Waals surface area contributed by atoms with Crippen LogP contribution in [0.2, 0.25) is 0 Å². The molecule has 1 rings (SSSR count). The summed E-state index contributed by atoms with van der Waals surface area (Å²) in [5.41, 5.74) is 1.50. The van der Waals surface area contributed by atoms with Gasteiger partial charge in [-0.2, -0.15) is 0 Å². The van der Waals surface area contributed by atoms with Gasteiger partial charge in [0.25, 0.3) is 5.91 Å². The first-order valence-corrected chi connectivity index (χ1v) is 6.01. The van der Waals surface area contributed by atoms with E-state index in [1.165, 1.54) is 0 Å². The lowest BCUT2D eigenvalue weighted by Gasteiger charge is -2.12. The normalized spacial score (nSPS) is 9.94. The molecule has 0 aliphatic heterocycles. The van der Waals surface area contributed by atoms with Gasteiger partial charge in [0.05, 0.1) is 12.8 Å². The Kier molecular flexibility index (Phi) is 6.00. The van der Waals surface area contributed by atoms with Gasteiger partial charge in [-0.05, 0) is 38.2 Å². The van der Waals surface area contributed by atoms with Crippen LogP contribution in [0.4, 0.5) is 5.69 Å². The van der Waals surface area contributed by atoms with Crippen molar-refractivity contribution in [1.29, 1.82) is 0 Å². The number of benzene rings is 1. The van der Waals surface area contributed by atoms with E-state index in [2.05, 4.69) is 16.0 Å². The molecule has 5 nitrogen and oxygen atoms in total. The molecule has 0 unspecified atom stereocenters. The first-order chi connectivity index (χ1) is 8.72. The maximum absolute atomic E-state index is 11.5. The number of rotatable bonds is 7. The van der Waals surface area contributed by atoms with Crippen LogP contribution in [0.3, 0.4) is 0 Å². The van der Waals surface area contributed by atoms with Crippen LogP contribution in [0.25, 0.3) is 0 Å². The highest BCUT2D eigenvalue weighted by molar-refractivity contribution is 5.95. The largest absolute Gasteiger partial charge is 0.495 e. The first-order valence-electron chi connectivity index (χ1n) is 6.01. The highest BCUT2D eigenvalue weighted by atomic mass is 16.5. The number of carbonyl (C=O) groups excluding carboxylic acids is 1. The SMILES string of the molecule is CNCCCNc1ccc(C(=O)NC)cc1OC. The molecular weight excluding hydrogens is 230 g/mol. The summed E-state index contributed by atoms with van der Waals surface area (Å²) in [5, 5.41) is 8.97. The van der Waals surface area contributed by atoms with Crippen LogP contribution < -0.4 is 20.7 Å². The third-order valence-corrected chi connectivity index (χ3v) is 2.61. The van der Waals surface area contributed by atoms with Gasteiger partial charge in [-0.25, -0.2) is 0 Å². The van der Waals surface area contributed by atoms with Crippen molar-refractivity contribution in [2.24, 2.45) is 0 Å². The Balaban J connectivity index is 2.71. The molecule has 0 heterocycles. The van der Waals surface area contributed by atoms with Gasteiger partial charge >= 0.3 is 0 Å². The van der Waals surface area contributed by atoms with E-state index in [9.17, 15) is 4.79 Å².